The number of thioether (sulfide) groups is 1. The zero-order valence-electron chi connectivity index (χ0n) is 11.2. The van der Waals surface area contributed by atoms with Gasteiger partial charge >= 0.3 is 0 Å². The Morgan fingerprint density at radius 2 is 2.37 bits per heavy atom. The molecule has 0 bridgehead atoms. The lowest BCUT2D eigenvalue weighted by molar-refractivity contribution is 0.626. The number of aromatic nitrogens is 2. The summed E-state index contributed by atoms with van der Waals surface area (Å²) in [6.45, 7) is 3.25. The minimum absolute atomic E-state index is 0.639. The van der Waals surface area contributed by atoms with Gasteiger partial charge in [-0.2, -0.15) is 11.8 Å². The van der Waals surface area contributed by atoms with Crippen molar-refractivity contribution in [2.24, 2.45) is 0 Å². The summed E-state index contributed by atoms with van der Waals surface area (Å²) in [5.41, 5.74) is 3.73. The Morgan fingerprint density at radius 3 is 3.11 bits per heavy atom. The summed E-state index contributed by atoms with van der Waals surface area (Å²) in [6.07, 6.45) is 3.54. The highest BCUT2D eigenvalue weighted by atomic mass is 35.5. The van der Waals surface area contributed by atoms with Crippen molar-refractivity contribution in [3.05, 3.63) is 29.6 Å². The molecule has 0 N–H and O–H groups in total. The van der Waals surface area contributed by atoms with Gasteiger partial charge in [-0.15, -0.1) is 11.6 Å². The molecule has 2 aromatic rings. The van der Waals surface area contributed by atoms with Crippen LogP contribution in [0.15, 0.2) is 18.2 Å². The van der Waals surface area contributed by atoms with Gasteiger partial charge in [-0.25, -0.2) is 4.98 Å². The summed E-state index contributed by atoms with van der Waals surface area (Å²) in [6, 6.07) is 6.37. The third-order valence-corrected chi connectivity index (χ3v) is 5.35. The third kappa shape index (κ3) is 2.63. The van der Waals surface area contributed by atoms with E-state index in [1.807, 2.05) is 0 Å². The van der Waals surface area contributed by atoms with Gasteiger partial charge in [0, 0.05) is 24.1 Å². The number of aryl methyl sites for hydroxylation is 2. The Labute approximate surface area is 123 Å². The number of alkyl halides is 1. The van der Waals surface area contributed by atoms with Crippen LogP contribution < -0.4 is 0 Å². The van der Waals surface area contributed by atoms with Crippen molar-refractivity contribution in [3.63, 3.8) is 0 Å². The molecule has 2 heterocycles. The number of hydrogen-bond acceptors (Lipinski definition) is 2. The van der Waals surface area contributed by atoms with Crippen LogP contribution in [-0.4, -0.2) is 26.4 Å². The van der Waals surface area contributed by atoms with Crippen molar-refractivity contribution in [3.8, 4) is 0 Å². The lowest BCUT2D eigenvalue weighted by atomic mass is 10.2. The molecule has 0 radical (unpaired) electrons. The Bertz CT molecular complexity index is 573. The van der Waals surface area contributed by atoms with E-state index in [9.17, 15) is 0 Å². The molecule has 0 amide bonds. The Hall–Kier alpha value is -0.670. The summed E-state index contributed by atoms with van der Waals surface area (Å²) in [7, 11) is 0. The maximum absolute atomic E-state index is 5.93. The molecule has 1 fully saturated rings. The monoisotopic (exact) mass is 294 g/mol. The molecule has 2 nitrogen and oxygen atoms in total. The van der Waals surface area contributed by atoms with Crippen molar-refractivity contribution >= 4 is 34.4 Å². The summed E-state index contributed by atoms with van der Waals surface area (Å²) in [4.78, 5) is 4.77. The van der Waals surface area contributed by atoms with Crippen LogP contribution in [0.3, 0.4) is 0 Å². The molecule has 0 spiro atoms. The van der Waals surface area contributed by atoms with Gasteiger partial charge in [-0.3, -0.25) is 0 Å². The number of rotatable bonds is 4. The first-order chi connectivity index (χ1) is 9.29. The first-order valence-electron chi connectivity index (χ1n) is 6.92. The second-order valence-electron chi connectivity index (χ2n) is 5.16. The fourth-order valence-corrected chi connectivity index (χ4v) is 4.30. The molecule has 1 aliphatic rings. The quantitative estimate of drug-likeness (QED) is 0.793. The highest BCUT2D eigenvalue weighted by Gasteiger charge is 2.20. The molecule has 3 rings (SSSR count). The lowest BCUT2D eigenvalue weighted by Gasteiger charge is -2.14. The normalized spacial score (nSPS) is 19.4. The minimum atomic E-state index is 0.639. The molecule has 1 aromatic carbocycles. The molecule has 0 aliphatic carbocycles. The number of imidazole rings is 1. The van der Waals surface area contributed by atoms with Crippen LogP contribution in [0.1, 0.15) is 24.2 Å². The minimum Gasteiger partial charge on any atom is -0.327 e. The number of nitrogens with zero attached hydrogens (tertiary/aromatic N) is 2. The first-order valence-corrected chi connectivity index (χ1v) is 8.50. The van der Waals surface area contributed by atoms with Crippen LogP contribution in [0.5, 0.6) is 0 Å². The SMILES string of the molecule is Cc1cccc2nc(CCCl)n(CC3CCCS3)c12. The zero-order chi connectivity index (χ0) is 13.2. The van der Waals surface area contributed by atoms with Crippen molar-refractivity contribution in [2.75, 3.05) is 11.6 Å². The van der Waals surface area contributed by atoms with Gasteiger partial charge in [0.05, 0.1) is 11.0 Å². The van der Waals surface area contributed by atoms with E-state index in [0.717, 1.165) is 29.6 Å². The molecule has 1 saturated heterocycles. The van der Waals surface area contributed by atoms with E-state index in [1.54, 1.807) is 0 Å². The van der Waals surface area contributed by atoms with Gasteiger partial charge in [0.15, 0.2) is 0 Å². The number of halogens is 1. The van der Waals surface area contributed by atoms with Crippen LogP contribution in [-0.2, 0) is 13.0 Å². The summed E-state index contributed by atoms with van der Waals surface area (Å²) < 4.78 is 2.41. The first kappa shape index (κ1) is 13.3. The van der Waals surface area contributed by atoms with E-state index >= 15 is 0 Å². The van der Waals surface area contributed by atoms with Gasteiger partial charge in [-0.1, -0.05) is 12.1 Å². The van der Waals surface area contributed by atoms with E-state index in [-0.39, 0.29) is 0 Å². The maximum atomic E-state index is 5.93. The number of hydrogen-bond donors (Lipinski definition) is 0. The molecule has 1 atom stereocenters. The highest BCUT2D eigenvalue weighted by Crippen LogP contribution is 2.30. The molecule has 102 valence electrons. The topological polar surface area (TPSA) is 17.8 Å². The van der Waals surface area contributed by atoms with Crippen LogP contribution in [0.2, 0.25) is 0 Å². The third-order valence-electron chi connectivity index (χ3n) is 3.78. The summed E-state index contributed by atoms with van der Waals surface area (Å²) in [5.74, 6) is 3.09. The predicted octanol–water partition coefficient (Wildman–Crippen LogP) is 4.02. The molecule has 4 heteroatoms. The second-order valence-corrected chi connectivity index (χ2v) is 6.94. The molecule has 1 aliphatic heterocycles. The average Bonchev–Trinajstić information content (AvgIpc) is 3.00. The van der Waals surface area contributed by atoms with E-state index in [1.165, 1.54) is 29.7 Å². The van der Waals surface area contributed by atoms with Crippen molar-refractivity contribution < 1.29 is 0 Å². The molecule has 1 aromatic heterocycles. The van der Waals surface area contributed by atoms with Gasteiger partial charge in [-0.05, 0) is 37.1 Å². The highest BCUT2D eigenvalue weighted by molar-refractivity contribution is 8.00. The molecular formula is C15H19ClN2S. The van der Waals surface area contributed by atoms with Crippen molar-refractivity contribution in [1.82, 2.24) is 9.55 Å². The predicted molar refractivity (Wildman–Crippen MR) is 84.4 cm³/mol. The Morgan fingerprint density at radius 1 is 1.47 bits per heavy atom. The van der Waals surface area contributed by atoms with E-state index in [0.29, 0.717) is 5.88 Å². The van der Waals surface area contributed by atoms with Crippen LogP contribution in [0.4, 0.5) is 0 Å². The van der Waals surface area contributed by atoms with Crippen LogP contribution in [0.25, 0.3) is 11.0 Å². The summed E-state index contributed by atoms with van der Waals surface area (Å²) in [5, 5.41) is 0.742. The van der Waals surface area contributed by atoms with Crippen LogP contribution >= 0.6 is 23.4 Å². The van der Waals surface area contributed by atoms with Crippen molar-refractivity contribution in [2.45, 2.75) is 38.0 Å². The van der Waals surface area contributed by atoms with Gasteiger partial charge in [0.2, 0.25) is 0 Å². The molecule has 0 saturated carbocycles. The van der Waals surface area contributed by atoms with Gasteiger partial charge < -0.3 is 4.57 Å². The Kier molecular flexibility index (Phi) is 4.04. The maximum Gasteiger partial charge on any atom is 0.111 e. The number of fused-ring (bicyclic) bond motifs is 1. The van der Waals surface area contributed by atoms with Crippen LogP contribution in [0, 0.1) is 6.92 Å². The lowest BCUT2D eigenvalue weighted by Crippen LogP contribution is -2.13. The summed E-state index contributed by atoms with van der Waals surface area (Å²) >= 11 is 8.03. The standard InChI is InChI=1S/C15H19ClN2S/c1-11-4-2-6-13-15(11)18(14(17-13)7-8-16)10-12-5-3-9-19-12/h2,4,6,12H,3,5,7-10H2,1H3. The molecule has 1 unspecified atom stereocenters. The van der Waals surface area contributed by atoms with E-state index in [2.05, 4.69) is 41.5 Å². The fraction of sp³-hybridized carbons (Fsp3) is 0.533. The average molecular weight is 295 g/mol. The molecular weight excluding hydrogens is 276 g/mol. The second kappa shape index (κ2) is 5.76. The van der Waals surface area contributed by atoms with Gasteiger partial charge in [0.25, 0.3) is 0 Å². The number of para-hydroxylation sites is 1. The Balaban J connectivity index is 2.04. The zero-order valence-corrected chi connectivity index (χ0v) is 12.8. The van der Waals surface area contributed by atoms with Gasteiger partial charge in [0.1, 0.15) is 5.82 Å². The molecule has 19 heavy (non-hydrogen) atoms. The van der Waals surface area contributed by atoms with E-state index in [4.69, 9.17) is 16.6 Å². The smallest absolute Gasteiger partial charge is 0.111 e. The van der Waals surface area contributed by atoms with Crippen molar-refractivity contribution in [1.29, 1.82) is 0 Å². The largest absolute Gasteiger partial charge is 0.327 e. The number of benzene rings is 1. The fourth-order valence-electron chi connectivity index (χ4n) is 2.88. The van der Waals surface area contributed by atoms with E-state index < -0.39 is 0 Å².